The number of rotatable bonds is 8. The van der Waals surface area contributed by atoms with Gasteiger partial charge in [-0.2, -0.15) is 0 Å². The normalized spacial score (nSPS) is 12.4. The van der Waals surface area contributed by atoms with Crippen LogP contribution >= 0.6 is 11.6 Å². The van der Waals surface area contributed by atoms with Crippen LogP contribution < -0.4 is 11.1 Å². The van der Waals surface area contributed by atoms with Gasteiger partial charge >= 0.3 is 0 Å². The van der Waals surface area contributed by atoms with Gasteiger partial charge in [0.2, 0.25) is 5.91 Å². The van der Waals surface area contributed by atoms with Crippen molar-refractivity contribution in [1.82, 2.24) is 10.2 Å². The molecule has 1 amide bonds. The Balaban J connectivity index is 2.56. The van der Waals surface area contributed by atoms with E-state index in [2.05, 4.69) is 5.32 Å². The molecule has 0 saturated heterocycles. The van der Waals surface area contributed by atoms with Gasteiger partial charge in [0.15, 0.2) is 0 Å². The maximum absolute atomic E-state index is 11.8. The number of nitrogens with zero attached hydrogens (tertiary/aromatic N) is 1. The number of carbonyl (C=O) groups is 1. The Morgan fingerprint density at radius 3 is 2.65 bits per heavy atom. The molecular formula is C14H22ClN3O2. The van der Waals surface area contributed by atoms with E-state index >= 15 is 0 Å². The van der Waals surface area contributed by atoms with Crippen LogP contribution in [0.4, 0.5) is 0 Å². The van der Waals surface area contributed by atoms with Gasteiger partial charge in [-0.25, -0.2) is 0 Å². The Morgan fingerprint density at radius 1 is 1.45 bits per heavy atom. The molecule has 0 aliphatic rings. The fourth-order valence-corrected chi connectivity index (χ4v) is 2.07. The third-order valence-electron chi connectivity index (χ3n) is 3.03. The maximum Gasteiger partial charge on any atom is 0.234 e. The van der Waals surface area contributed by atoms with Gasteiger partial charge in [0.25, 0.3) is 0 Å². The van der Waals surface area contributed by atoms with E-state index in [1.165, 1.54) is 0 Å². The Morgan fingerprint density at radius 2 is 2.10 bits per heavy atom. The molecule has 112 valence electrons. The second kappa shape index (κ2) is 8.92. The largest absolute Gasteiger partial charge is 0.383 e. The van der Waals surface area contributed by atoms with Gasteiger partial charge < -0.3 is 15.8 Å². The first-order chi connectivity index (χ1) is 9.58. The molecule has 1 aromatic rings. The van der Waals surface area contributed by atoms with E-state index in [0.717, 1.165) is 5.56 Å². The van der Waals surface area contributed by atoms with Gasteiger partial charge in [-0.3, -0.25) is 9.69 Å². The average Bonchev–Trinajstić information content (AvgIpc) is 2.42. The summed E-state index contributed by atoms with van der Waals surface area (Å²) in [6.45, 7) is 1.74. The van der Waals surface area contributed by atoms with Crippen LogP contribution in [0.25, 0.3) is 0 Å². The molecule has 0 bridgehead atoms. The monoisotopic (exact) mass is 299 g/mol. The molecule has 0 aromatic heterocycles. The van der Waals surface area contributed by atoms with Gasteiger partial charge in [-0.1, -0.05) is 23.7 Å². The highest BCUT2D eigenvalue weighted by molar-refractivity contribution is 6.30. The summed E-state index contributed by atoms with van der Waals surface area (Å²) in [7, 11) is 3.48. The summed E-state index contributed by atoms with van der Waals surface area (Å²) in [5.41, 5.74) is 6.86. The number of amides is 1. The average molecular weight is 300 g/mol. The quantitative estimate of drug-likeness (QED) is 0.704. The number of carbonyl (C=O) groups excluding carboxylic acids is 1. The van der Waals surface area contributed by atoms with E-state index in [9.17, 15) is 4.79 Å². The van der Waals surface area contributed by atoms with E-state index in [4.69, 9.17) is 22.1 Å². The number of likely N-dealkylation sites (N-methyl/N-ethyl adjacent to an activating group) is 1. The van der Waals surface area contributed by atoms with Gasteiger partial charge in [0.1, 0.15) is 0 Å². The molecule has 0 aliphatic heterocycles. The number of methoxy groups -OCH3 is 1. The molecule has 0 saturated carbocycles. The van der Waals surface area contributed by atoms with Crippen LogP contribution in [0.5, 0.6) is 0 Å². The third-order valence-corrected chi connectivity index (χ3v) is 3.28. The van der Waals surface area contributed by atoms with Crippen LogP contribution in [0.15, 0.2) is 24.3 Å². The van der Waals surface area contributed by atoms with E-state index in [-0.39, 0.29) is 18.5 Å². The summed E-state index contributed by atoms with van der Waals surface area (Å²) in [4.78, 5) is 13.7. The number of hydrogen-bond acceptors (Lipinski definition) is 4. The van der Waals surface area contributed by atoms with Crippen LogP contribution in [0.1, 0.15) is 11.6 Å². The first kappa shape index (κ1) is 16.9. The summed E-state index contributed by atoms with van der Waals surface area (Å²) in [5.74, 6) is -0.0445. The lowest BCUT2D eigenvalue weighted by atomic mass is 10.1. The Kier molecular flexibility index (Phi) is 7.54. The molecule has 1 atom stereocenters. The summed E-state index contributed by atoms with van der Waals surface area (Å²) in [5, 5.41) is 3.47. The van der Waals surface area contributed by atoms with Crippen LogP contribution in [-0.4, -0.2) is 51.2 Å². The minimum Gasteiger partial charge on any atom is -0.383 e. The lowest BCUT2D eigenvalue weighted by molar-refractivity contribution is -0.122. The molecule has 1 unspecified atom stereocenters. The van der Waals surface area contributed by atoms with Crippen molar-refractivity contribution in [3.63, 3.8) is 0 Å². The van der Waals surface area contributed by atoms with Crippen LogP contribution in [0.2, 0.25) is 5.02 Å². The lowest BCUT2D eigenvalue weighted by Crippen LogP contribution is -2.40. The molecule has 1 aromatic carbocycles. The topological polar surface area (TPSA) is 67.6 Å². The van der Waals surface area contributed by atoms with Crippen molar-refractivity contribution in [2.24, 2.45) is 5.73 Å². The molecular weight excluding hydrogens is 278 g/mol. The molecule has 6 heteroatoms. The van der Waals surface area contributed by atoms with Crippen LogP contribution in [0.3, 0.4) is 0 Å². The number of halogens is 1. The van der Waals surface area contributed by atoms with Crippen molar-refractivity contribution in [3.05, 3.63) is 34.9 Å². The number of benzene rings is 1. The fraction of sp³-hybridized carbons (Fsp3) is 0.500. The van der Waals surface area contributed by atoms with Gasteiger partial charge in [-0.05, 0) is 24.7 Å². The van der Waals surface area contributed by atoms with Crippen molar-refractivity contribution < 1.29 is 9.53 Å². The zero-order chi connectivity index (χ0) is 15.0. The molecule has 0 aliphatic carbocycles. The summed E-state index contributed by atoms with van der Waals surface area (Å²) in [6, 6.07) is 7.50. The van der Waals surface area contributed by atoms with Crippen molar-refractivity contribution >= 4 is 17.5 Å². The standard InChI is InChI=1S/C14H22ClN3O2/c1-18(10-14(19)17-7-8-20-2)13(9-16)11-3-5-12(15)6-4-11/h3-6,13H,7-10,16H2,1-2H3,(H,17,19). The van der Waals surface area contributed by atoms with Gasteiger partial charge in [0, 0.05) is 31.3 Å². The Labute approximate surface area is 125 Å². The first-order valence-electron chi connectivity index (χ1n) is 6.50. The third kappa shape index (κ3) is 5.46. The summed E-state index contributed by atoms with van der Waals surface area (Å²) in [6.07, 6.45) is 0. The summed E-state index contributed by atoms with van der Waals surface area (Å²) >= 11 is 5.87. The minimum atomic E-state index is -0.0445. The molecule has 5 nitrogen and oxygen atoms in total. The second-order valence-corrected chi connectivity index (χ2v) is 5.00. The molecule has 0 fully saturated rings. The van der Waals surface area contributed by atoms with Crippen molar-refractivity contribution in [2.45, 2.75) is 6.04 Å². The summed E-state index contributed by atoms with van der Waals surface area (Å²) < 4.78 is 4.89. The number of nitrogens with two attached hydrogens (primary N) is 1. The van der Waals surface area contributed by atoms with Crippen molar-refractivity contribution in [1.29, 1.82) is 0 Å². The highest BCUT2D eigenvalue weighted by Crippen LogP contribution is 2.20. The molecule has 0 spiro atoms. The van der Waals surface area contributed by atoms with Crippen LogP contribution in [0, 0.1) is 0 Å². The minimum absolute atomic E-state index is 0.0135. The van der Waals surface area contributed by atoms with Crippen LogP contribution in [-0.2, 0) is 9.53 Å². The van der Waals surface area contributed by atoms with E-state index in [1.807, 2.05) is 36.2 Å². The van der Waals surface area contributed by atoms with E-state index in [1.54, 1.807) is 7.11 Å². The number of nitrogens with one attached hydrogen (secondary N) is 1. The fourth-order valence-electron chi connectivity index (χ4n) is 1.94. The maximum atomic E-state index is 11.8. The second-order valence-electron chi connectivity index (χ2n) is 4.56. The molecule has 20 heavy (non-hydrogen) atoms. The molecule has 0 heterocycles. The van der Waals surface area contributed by atoms with Crippen molar-refractivity contribution in [3.8, 4) is 0 Å². The van der Waals surface area contributed by atoms with E-state index < -0.39 is 0 Å². The smallest absolute Gasteiger partial charge is 0.234 e. The zero-order valence-electron chi connectivity index (χ0n) is 11.9. The van der Waals surface area contributed by atoms with Gasteiger partial charge in [-0.15, -0.1) is 0 Å². The molecule has 3 N–H and O–H groups in total. The lowest BCUT2D eigenvalue weighted by Gasteiger charge is -2.26. The zero-order valence-corrected chi connectivity index (χ0v) is 12.7. The Hall–Kier alpha value is -1.14. The van der Waals surface area contributed by atoms with Gasteiger partial charge in [0.05, 0.1) is 13.2 Å². The predicted octanol–water partition coefficient (Wildman–Crippen LogP) is 1.03. The SMILES string of the molecule is COCCNC(=O)CN(C)C(CN)c1ccc(Cl)cc1. The Bertz CT molecular complexity index is 411. The molecule has 1 rings (SSSR count). The van der Waals surface area contributed by atoms with Crippen molar-refractivity contribution in [2.75, 3.05) is 40.4 Å². The van der Waals surface area contributed by atoms with E-state index in [0.29, 0.717) is 24.7 Å². The number of hydrogen-bond donors (Lipinski definition) is 2. The highest BCUT2D eigenvalue weighted by atomic mass is 35.5. The number of ether oxygens (including phenoxy) is 1. The predicted molar refractivity (Wildman–Crippen MR) is 80.8 cm³/mol. The first-order valence-corrected chi connectivity index (χ1v) is 6.87. The molecule has 0 radical (unpaired) electrons. The highest BCUT2D eigenvalue weighted by Gasteiger charge is 2.17.